The normalized spacial score (nSPS) is 16.9. The summed E-state index contributed by atoms with van der Waals surface area (Å²) in [4.78, 5) is 0. The molecular formula is C16H18F3N3. The minimum Gasteiger partial charge on any atom is -0.317 e. The Labute approximate surface area is 127 Å². The van der Waals surface area contributed by atoms with E-state index in [1.165, 1.54) is 17.7 Å². The van der Waals surface area contributed by atoms with E-state index in [1.807, 2.05) is 13.1 Å². The van der Waals surface area contributed by atoms with Crippen molar-refractivity contribution in [3.05, 3.63) is 47.3 Å². The molecule has 0 bridgehead atoms. The van der Waals surface area contributed by atoms with E-state index in [-0.39, 0.29) is 0 Å². The molecule has 0 unspecified atom stereocenters. The standard InChI is InChI=1S/C16H18F3N3/c1-11-15(12-6-8-20-9-7-12)10-21-22(11)14-4-2-13(3-5-14)16(17,18)19/h2-5,10,12,20H,6-9H2,1H3. The van der Waals surface area contributed by atoms with E-state index in [2.05, 4.69) is 10.4 Å². The quantitative estimate of drug-likeness (QED) is 0.917. The number of nitrogens with zero attached hydrogens (tertiary/aromatic N) is 2. The third kappa shape index (κ3) is 2.88. The van der Waals surface area contributed by atoms with Crippen LogP contribution < -0.4 is 5.32 Å². The highest BCUT2D eigenvalue weighted by Gasteiger charge is 2.30. The Morgan fingerprint density at radius 2 is 1.77 bits per heavy atom. The number of benzene rings is 1. The first-order valence-corrected chi connectivity index (χ1v) is 7.39. The number of nitrogens with one attached hydrogen (secondary N) is 1. The Balaban J connectivity index is 1.87. The first-order valence-electron chi connectivity index (χ1n) is 7.39. The lowest BCUT2D eigenvalue weighted by atomic mass is 9.91. The number of hydrogen-bond acceptors (Lipinski definition) is 2. The maximum absolute atomic E-state index is 12.6. The lowest BCUT2D eigenvalue weighted by molar-refractivity contribution is -0.137. The maximum atomic E-state index is 12.6. The van der Waals surface area contributed by atoms with Gasteiger partial charge in [0.2, 0.25) is 0 Å². The molecule has 0 saturated carbocycles. The van der Waals surface area contributed by atoms with E-state index in [0.29, 0.717) is 11.6 Å². The molecule has 6 heteroatoms. The predicted octanol–water partition coefficient (Wildman–Crippen LogP) is 3.67. The van der Waals surface area contributed by atoms with Crippen LogP contribution >= 0.6 is 0 Å². The number of rotatable bonds is 2. The molecule has 1 aromatic heterocycles. The summed E-state index contributed by atoms with van der Waals surface area (Å²) < 4.78 is 39.6. The minimum atomic E-state index is -4.31. The van der Waals surface area contributed by atoms with Crippen LogP contribution in [0.3, 0.4) is 0 Å². The molecule has 1 aliphatic rings. The molecule has 3 rings (SSSR count). The maximum Gasteiger partial charge on any atom is 0.416 e. The van der Waals surface area contributed by atoms with Gasteiger partial charge in [0, 0.05) is 5.69 Å². The zero-order valence-corrected chi connectivity index (χ0v) is 12.3. The summed E-state index contributed by atoms with van der Waals surface area (Å²) in [6.07, 6.45) is -0.319. The van der Waals surface area contributed by atoms with Gasteiger partial charge in [0.25, 0.3) is 0 Å². The van der Waals surface area contributed by atoms with Gasteiger partial charge in [-0.25, -0.2) is 4.68 Å². The summed E-state index contributed by atoms with van der Waals surface area (Å²) in [6.45, 7) is 3.97. The second-order valence-electron chi connectivity index (χ2n) is 5.67. The average Bonchev–Trinajstić information content (AvgIpc) is 2.89. The van der Waals surface area contributed by atoms with Crippen LogP contribution in [-0.2, 0) is 6.18 Å². The molecule has 2 aromatic rings. The fourth-order valence-corrected chi connectivity index (χ4v) is 3.01. The van der Waals surface area contributed by atoms with E-state index >= 15 is 0 Å². The molecule has 0 radical (unpaired) electrons. The van der Waals surface area contributed by atoms with Gasteiger partial charge in [-0.1, -0.05) is 0 Å². The van der Waals surface area contributed by atoms with Crippen LogP contribution in [0, 0.1) is 6.92 Å². The molecule has 0 amide bonds. The number of alkyl halides is 3. The van der Waals surface area contributed by atoms with Crippen molar-refractivity contribution in [2.75, 3.05) is 13.1 Å². The van der Waals surface area contributed by atoms with Crippen molar-refractivity contribution in [1.29, 1.82) is 0 Å². The van der Waals surface area contributed by atoms with Crippen LogP contribution in [0.4, 0.5) is 13.2 Å². The van der Waals surface area contributed by atoms with Crippen LogP contribution in [-0.4, -0.2) is 22.9 Å². The van der Waals surface area contributed by atoms with Crippen molar-refractivity contribution < 1.29 is 13.2 Å². The first kappa shape index (κ1) is 15.1. The fraction of sp³-hybridized carbons (Fsp3) is 0.438. The molecule has 2 heterocycles. The van der Waals surface area contributed by atoms with Crippen molar-refractivity contribution in [2.45, 2.75) is 31.9 Å². The summed E-state index contributed by atoms with van der Waals surface area (Å²) in [5, 5.41) is 7.70. The van der Waals surface area contributed by atoms with Gasteiger partial charge in [-0.3, -0.25) is 0 Å². The minimum absolute atomic E-state index is 0.476. The Kier molecular flexibility index (Phi) is 3.95. The zero-order chi connectivity index (χ0) is 15.7. The van der Waals surface area contributed by atoms with E-state index in [0.717, 1.165) is 43.8 Å². The Hall–Kier alpha value is -1.82. The van der Waals surface area contributed by atoms with Crippen molar-refractivity contribution in [1.82, 2.24) is 15.1 Å². The van der Waals surface area contributed by atoms with E-state index in [4.69, 9.17) is 0 Å². The van der Waals surface area contributed by atoms with Crippen LogP contribution in [0.1, 0.15) is 35.6 Å². The Morgan fingerprint density at radius 1 is 1.14 bits per heavy atom. The zero-order valence-electron chi connectivity index (χ0n) is 12.3. The Morgan fingerprint density at radius 3 is 2.36 bits per heavy atom. The molecule has 118 valence electrons. The first-order chi connectivity index (χ1) is 10.5. The van der Waals surface area contributed by atoms with E-state index < -0.39 is 11.7 Å². The molecule has 1 aromatic carbocycles. The van der Waals surface area contributed by atoms with Crippen molar-refractivity contribution in [2.24, 2.45) is 0 Å². The SMILES string of the molecule is Cc1c(C2CCNCC2)cnn1-c1ccc(C(F)(F)F)cc1. The molecular weight excluding hydrogens is 291 g/mol. The number of piperidine rings is 1. The summed E-state index contributed by atoms with van der Waals surface area (Å²) in [5.41, 5.74) is 2.22. The molecule has 0 atom stereocenters. The van der Waals surface area contributed by atoms with Gasteiger partial charge >= 0.3 is 6.18 Å². The third-order valence-corrected chi connectivity index (χ3v) is 4.27. The number of hydrogen-bond donors (Lipinski definition) is 1. The molecule has 0 spiro atoms. The number of halogens is 3. The van der Waals surface area contributed by atoms with Crippen molar-refractivity contribution in [3.63, 3.8) is 0 Å². The van der Waals surface area contributed by atoms with Crippen molar-refractivity contribution >= 4 is 0 Å². The van der Waals surface area contributed by atoms with Crippen LogP contribution in [0.25, 0.3) is 5.69 Å². The van der Waals surface area contributed by atoms with Crippen molar-refractivity contribution in [3.8, 4) is 5.69 Å². The summed E-state index contributed by atoms with van der Waals surface area (Å²) in [7, 11) is 0. The number of aromatic nitrogens is 2. The second kappa shape index (κ2) is 5.76. The van der Waals surface area contributed by atoms with Gasteiger partial charge in [0.1, 0.15) is 0 Å². The molecule has 3 nitrogen and oxygen atoms in total. The largest absolute Gasteiger partial charge is 0.416 e. The van der Waals surface area contributed by atoms with Gasteiger partial charge < -0.3 is 5.32 Å². The molecule has 22 heavy (non-hydrogen) atoms. The molecule has 1 fully saturated rings. The predicted molar refractivity (Wildman–Crippen MR) is 78.1 cm³/mol. The summed E-state index contributed by atoms with van der Waals surface area (Å²) in [5.74, 6) is 0.476. The summed E-state index contributed by atoms with van der Waals surface area (Å²) >= 11 is 0. The van der Waals surface area contributed by atoms with E-state index in [1.54, 1.807) is 4.68 Å². The smallest absolute Gasteiger partial charge is 0.317 e. The van der Waals surface area contributed by atoms with Gasteiger partial charge in [0.05, 0.1) is 17.4 Å². The Bertz CT molecular complexity index is 638. The van der Waals surface area contributed by atoms with E-state index in [9.17, 15) is 13.2 Å². The van der Waals surface area contributed by atoms with Crippen LogP contribution in [0.5, 0.6) is 0 Å². The fourth-order valence-electron chi connectivity index (χ4n) is 3.01. The highest BCUT2D eigenvalue weighted by molar-refractivity contribution is 5.38. The summed E-state index contributed by atoms with van der Waals surface area (Å²) in [6, 6.07) is 5.13. The average molecular weight is 309 g/mol. The van der Waals surface area contributed by atoms with Gasteiger partial charge in [0.15, 0.2) is 0 Å². The second-order valence-corrected chi connectivity index (χ2v) is 5.67. The van der Waals surface area contributed by atoms with Gasteiger partial charge in [-0.05, 0) is 68.6 Å². The topological polar surface area (TPSA) is 29.9 Å². The van der Waals surface area contributed by atoms with Gasteiger partial charge in [-0.15, -0.1) is 0 Å². The monoisotopic (exact) mass is 309 g/mol. The third-order valence-electron chi connectivity index (χ3n) is 4.27. The highest BCUT2D eigenvalue weighted by Crippen LogP contribution is 2.31. The molecule has 0 aliphatic carbocycles. The lowest BCUT2D eigenvalue weighted by Gasteiger charge is -2.22. The highest BCUT2D eigenvalue weighted by atomic mass is 19.4. The van der Waals surface area contributed by atoms with Crippen LogP contribution in [0.15, 0.2) is 30.5 Å². The lowest BCUT2D eigenvalue weighted by Crippen LogP contribution is -2.26. The van der Waals surface area contributed by atoms with Crippen LogP contribution in [0.2, 0.25) is 0 Å². The molecule has 1 aliphatic heterocycles. The van der Waals surface area contributed by atoms with Gasteiger partial charge in [-0.2, -0.15) is 18.3 Å². The molecule has 1 N–H and O–H groups in total. The molecule has 1 saturated heterocycles.